The molecule has 2 unspecified atom stereocenters. The molecule has 0 bridgehead atoms. The molecule has 2 fully saturated rings. The van der Waals surface area contributed by atoms with Crippen LogP contribution in [0, 0.1) is 0 Å². The van der Waals surface area contributed by atoms with E-state index in [1.807, 2.05) is 0 Å². The Labute approximate surface area is 107 Å². The van der Waals surface area contributed by atoms with Crippen LogP contribution >= 0.6 is 0 Å². The van der Waals surface area contributed by atoms with E-state index in [0.717, 1.165) is 12.6 Å². The van der Waals surface area contributed by atoms with Crippen LogP contribution in [0.3, 0.4) is 0 Å². The van der Waals surface area contributed by atoms with Crippen molar-refractivity contribution in [1.82, 2.24) is 15.1 Å². The fourth-order valence-electron chi connectivity index (χ4n) is 3.11. The monoisotopic (exact) mass is 239 g/mol. The predicted octanol–water partition coefficient (Wildman–Crippen LogP) is 1.54. The summed E-state index contributed by atoms with van der Waals surface area (Å²) in [6.07, 6.45) is 4.22. The van der Waals surface area contributed by atoms with Crippen LogP contribution in [0.1, 0.15) is 40.0 Å². The molecule has 0 amide bonds. The Hall–Kier alpha value is -0.120. The summed E-state index contributed by atoms with van der Waals surface area (Å²) in [6, 6.07) is 2.14. The van der Waals surface area contributed by atoms with Crippen LogP contribution in [-0.2, 0) is 0 Å². The first-order valence-corrected chi connectivity index (χ1v) is 7.38. The van der Waals surface area contributed by atoms with Gasteiger partial charge in [-0.1, -0.05) is 13.8 Å². The smallest absolute Gasteiger partial charge is 0.0235 e. The number of rotatable bonds is 5. The molecule has 2 atom stereocenters. The minimum absolute atomic E-state index is 0.606. The van der Waals surface area contributed by atoms with Crippen molar-refractivity contribution in [3.8, 4) is 0 Å². The highest BCUT2D eigenvalue weighted by atomic mass is 15.3. The van der Waals surface area contributed by atoms with E-state index in [1.165, 1.54) is 45.4 Å². The molecule has 0 aromatic heterocycles. The molecule has 2 aliphatic rings. The van der Waals surface area contributed by atoms with Crippen LogP contribution in [-0.4, -0.2) is 60.6 Å². The first-order valence-electron chi connectivity index (χ1n) is 7.38. The fraction of sp³-hybridized carbons (Fsp3) is 1.00. The number of hydrogen-bond donors (Lipinski definition) is 1. The lowest BCUT2D eigenvalue weighted by Crippen LogP contribution is -2.43. The van der Waals surface area contributed by atoms with Gasteiger partial charge in [0.15, 0.2) is 0 Å². The zero-order valence-electron chi connectivity index (χ0n) is 11.8. The summed E-state index contributed by atoms with van der Waals surface area (Å²) in [4.78, 5) is 5.38. The first kappa shape index (κ1) is 13.3. The summed E-state index contributed by atoms with van der Waals surface area (Å²) >= 11 is 0. The molecular formula is C14H29N3. The second-order valence-corrected chi connectivity index (χ2v) is 6.09. The maximum atomic E-state index is 3.55. The number of likely N-dealkylation sites (tertiary alicyclic amines) is 2. The number of nitrogens with one attached hydrogen (secondary N) is 1. The van der Waals surface area contributed by atoms with Gasteiger partial charge in [0.05, 0.1) is 0 Å². The van der Waals surface area contributed by atoms with Crippen molar-refractivity contribution in [2.75, 3.05) is 32.7 Å². The van der Waals surface area contributed by atoms with Gasteiger partial charge in [0.25, 0.3) is 0 Å². The van der Waals surface area contributed by atoms with E-state index in [9.17, 15) is 0 Å². The Bertz CT molecular complexity index is 224. The second-order valence-electron chi connectivity index (χ2n) is 6.09. The average Bonchev–Trinajstić information content (AvgIpc) is 2.94. The quantitative estimate of drug-likeness (QED) is 0.785. The van der Waals surface area contributed by atoms with Crippen molar-refractivity contribution in [3.05, 3.63) is 0 Å². The number of hydrogen-bond acceptors (Lipinski definition) is 3. The molecule has 3 heteroatoms. The average molecular weight is 239 g/mol. The Balaban J connectivity index is 1.72. The first-order chi connectivity index (χ1) is 8.16. The van der Waals surface area contributed by atoms with Gasteiger partial charge in [-0.3, -0.25) is 9.80 Å². The molecule has 0 radical (unpaired) electrons. The molecular weight excluding hydrogens is 210 g/mol. The minimum Gasteiger partial charge on any atom is -0.313 e. The highest BCUT2D eigenvalue weighted by molar-refractivity contribution is 4.88. The highest BCUT2D eigenvalue weighted by Crippen LogP contribution is 2.21. The summed E-state index contributed by atoms with van der Waals surface area (Å²) in [7, 11) is 0. The summed E-state index contributed by atoms with van der Waals surface area (Å²) < 4.78 is 0. The van der Waals surface area contributed by atoms with Gasteiger partial charge in [-0.2, -0.15) is 0 Å². The lowest BCUT2D eigenvalue weighted by molar-refractivity contribution is 0.203. The van der Waals surface area contributed by atoms with Gasteiger partial charge in [-0.15, -0.1) is 0 Å². The Morgan fingerprint density at radius 1 is 1.12 bits per heavy atom. The van der Waals surface area contributed by atoms with Crippen molar-refractivity contribution in [1.29, 1.82) is 0 Å². The van der Waals surface area contributed by atoms with Gasteiger partial charge >= 0.3 is 0 Å². The van der Waals surface area contributed by atoms with Crippen LogP contribution in [0.5, 0.6) is 0 Å². The normalized spacial score (nSPS) is 29.3. The van der Waals surface area contributed by atoms with Crippen molar-refractivity contribution < 1.29 is 0 Å². The van der Waals surface area contributed by atoms with Crippen LogP contribution in [0.25, 0.3) is 0 Å². The zero-order chi connectivity index (χ0) is 12.3. The maximum Gasteiger partial charge on any atom is 0.0235 e. The summed E-state index contributed by atoms with van der Waals surface area (Å²) in [6.45, 7) is 13.2. The van der Waals surface area contributed by atoms with Crippen molar-refractivity contribution in [2.45, 2.75) is 58.2 Å². The molecule has 0 aromatic rings. The molecule has 0 aliphatic carbocycles. The lowest BCUT2D eigenvalue weighted by Gasteiger charge is -2.27. The predicted molar refractivity (Wildman–Crippen MR) is 73.4 cm³/mol. The van der Waals surface area contributed by atoms with Gasteiger partial charge in [-0.05, 0) is 39.3 Å². The molecule has 100 valence electrons. The molecule has 2 heterocycles. The van der Waals surface area contributed by atoms with E-state index in [0.29, 0.717) is 12.1 Å². The van der Waals surface area contributed by atoms with Crippen LogP contribution in [0.15, 0.2) is 0 Å². The molecule has 2 aliphatic heterocycles. The maximum absolute atomic E-state index is 3.55. The van der Waals surface area contributed by atoms with Gasteiger partial charge in [0, 0.05) is 37.8 Å². The van der Waals surface area contributed by atoms with Crippen molar-refractivity contribution in [3.63, 3.8) is 0 Å². The van der Waals surface area contributed by atoms with Crippen LogP contribution < -0.4 is 5.32 Å². The van der Waals surface area contributed by atoms with Gasteiger partial charge < -0.3 is 5.32 Å². The van der Waals surface area contributed by atoms with E-state index in [2.05, 4.69) is 35.9 Å². The molecule has 0 aromatic carbocycles. The fourth-order valence-corrected chi connectivity index (χ4v) is 3.11. The SMILES string of the molecule is CC(C)NCC(C)N1CCC(N2CCCC2)C1. The Morgan fingerprint density at radius 3 is 2.47 bits per heavy atom. The second kappa shape index (κ2) is 6.17. The van der Waals surface area contributed by atoms with Gasteiger partial charge in [0.2, 0.25) is 0 Å². The Kier molecular flexibility index (Phi) is 4.83. The van der Waals surface area contributed by atoms with E-state index >= 15 is 0 Å². The standard InChI is InChI=1S/C14H29N3/c1-12(2)15-10-13(3)17-9-6-14(11-17)16-7-4-5-8-16/h12-15H,4-11H2,1-3H3. The van der Waals surface area contributed by atoms with Crippen molar-refractivity contribution in [2.24, 2.45) is 0 Å². The molecule has 17 heavy (non-hydrogen) atoms. The highest BCUT2D eigenvalue weighted by Gasteiger charge is 2.30. The number of nitrogens with zero attached hydrogens (tertiary/aromatic N) is 2. The molecule has 0 saturated carbocycles. The van der Waals surface area contributed by atoms with Gasteiger partial charge in [0.1, 0.15) is 0 Å². The third-order valence-electron chi connectivity index (χ3n) is 4.30. The minimum atomic E-state index is 0.606. The van der Waals surface area contributed by atoms with Crippen LogP contribution in [0.4, 0.5) is 0 Å². The summed E-state index contributed by atoms with van der Waals surface area (Å²) in [5, 5.41) is 3.55. The summed E-state index contributed by atoms with van der Waals surface area (Å²) in [5.41, 5.74) is 0. The van der Waals surface area contributed by atoms with E-state index in [4.69, 9.17) is 0 Å². The molecule has 2 rings (SSSR count). The molecule has 0 spiro atoms. The largest absolute Gasteiger partial charge is 0.313 e. The third-order valence-corrected chi connectivity index (χ3v) is 4.30. The van der Waals surface area contributed by atoms with Crippen LogP contribution in [0.2, 0.25) is 0 Å². The summed E-state index contributed by atoms with van der Waals surface area (Å²) in [5.74, 6) is 0. The lowest BCUT2D eigenvalue weighted by atomic mass is 10.2. The van der Waals surface area contributed by atoms with Gasteiger partial charge in [-0.25, -0.2) is 0 Å². The Morgan fingerprint density at radius 2 is 1.82 bits per heavy atom. The molecule has 3 nitrogen and oxygen atoms in total. The van der Waals surface area contributed by atoms with Crippen molar-refractivity contribution >= 4 is 0 Å². The van der Waals surface area contributed by atoms with E-state index in [-0.39, 0.29) is 0 Å². The topological polar surface area (TPSA) is 18.5 Å². The third kappa shape index (κ3) is 3.67. The molecule has 2 saturated heterocycles. The molecule has 1 N–H and O–H groups in total. The zero-order valence-corrected chi connectivity index (χ0v) is 11.8. The van der Waals surface area contributed by atoms with E-state index in [1.54, 1.807) is 0 Å². The van der Waals surface area contributed by atoms with E-state index < -0.39 is 0 Å².